The van der Waals surface area contributed by atoms with Gasteiger partial charge in [-0.25, -0.2) is 4.79 Å². The number of alkyl carbamates (subject to hydrolysis) is 1. The van der Waals surface area contributed by atoms with Crippen molar-refractivity contribution in [3.8, 4) is 0 Å². The Morgan fingerprint density at radius 2 is 2.09 bits per heavy atom. The van der Waals surface area contributed by atoms with Gasteiger partial charge in [-0.1, -0.05) is 0 Å². The maximum Gasteiger partial charge on any atom is 0.407 e. The molecule has 6 heteroatoms. The fraction of sp³-hybridized carbons (Fsp3) is 0.529. The Hall–Kier alpha value is -2.24. The van der Waals surface area contributed by atoms with Crippen molar-refractivity contribution >= 4 is 23.4 Å². The van der Waals surface area contributed by atoms with Crippen LogP contribution in [0.3, 0.4) is 0 Å². The first-order chi connectivity index (χ1) is 10.7. The molecule has 1 aliphatic heterocycles. The van der Waals surface area contributed by atoms with Gasteiger partial charge in [0.2, 0.25) is 5.91 Å². The summed E-state index contributed by atoms with van der Waals surface area (Å²) in [5.41, 5.74) is 2.48. The van der Waals surface area contributed by atoms with Crippen LogP contribution >= 0.6 is 0 Å². The Balaban J connectivity index is 1.85. The number of anilines is 2. The Bertz CT molecular complexity index is 593. The van der Waals surface area contributed by atoms with E-state index in [1.807, 2.05) is 45.9 Å². The summed E-state index contributed by atoms with van der Waals surface area (Å²) in [6, 6.07) is 5.93. The molecule has 1 heterocycles. The molecule has 1 aromatic carbocycles. The minimum Gasteiger partial charge on any atom is -0.444 e. The van der Waals surface area contributed by atoms with Crippen LogP contribution in [0.25, 0.3) is 0 Å². The first-order valence-electron chi connectivity index (χ1n) is 7.89. The van der Waals surface area contributed by atoms with Crippen molar-refractivity contribution in [1.82, 2.24) is 5.32 Å². The number of hydrogen-bond donors (Lipinski definition) is 3. The fourth-order valence-corrected chi connectivity index (χ4v) is 2.36. The number of amides is 2. The molecule has 3 N–H and O–H groups in total. The van der Waals surface area contributed by atoms with Crippen LogP contribution in [0.1, 0.15) is 39.7 Å². The zero-order valence-electron chi connectivity index (χ0n) is 14.2. The summed E-state index contributed by atoms with van der Waals surface area (Å²) in [7, 11) is 0. The zero-order chi connectivity index (χ0) is 17.0. The van der Waals surface area contributed by atoms with Gasteiger partial charge in [0.15, 0.2) is 0 Å². The standard InChI is InChI=1S/C17H25N3O3/c1-11(10-18-16(22)23-17(2,3)4)19-13-6-7-14-12(9-13)5-8-15(21)20-14/h6-7,9,11,19H,5,8,10H2,1-4H3,(H,18,22)(H,20,21). The van der Waals surface area contributed by atoms with Crippen molar-refractivity contribution in [2.45, 2.75) is 52.2 Å². The third kappa shape index (κ3) is 5.47. The third-order valence-electron chi connectivity index (χ3n) is 3.37. The van der Waals surface area contributed by atoms with Crippen molar-refractivity contribution in [2.24, 2.45) is 0 Å². The monoisotopic (exact) mass is 319 g/mol. The second-order valence-corrected chi connectivity index (χ2v) is 6.85. The minimum atomic E-state index is -0.496. The van der Waals surface area contributed by atoms with Crippen LogP contribution in [0.4, 0.5) is 16.2 Å². The van der Waals surface area contributed by atoms with Gasteiger partial charge in [0.1, 0.15) is 5.60 Å². The normalized spacial score (nSPS) is 15.2. The van der Waals surface area contributed by atoms with Crippen LogP contribution in [0.5, 0.6) is 0 Å². The molecule has 0 spiro atoms. The highest BCUT2D eigenvalue weighted by Gasteiger charge is 2.17. The Morgan fingerprint density at radius 3 is 2.78 bits per heavy atom. The summed E-state index contributed by atoms with van der Waals surface area (Å²) in [4.78, 5) is 23.0. The summed E-state index contributed by atoms with van der Waals surface area (Å²) >= 11 is 0. The highest BCUT2D eigenvalue weighted by Crippen LogP contribution is 2.25. The van der Waals surface area contributed by atoms with Crippen molar-refractivity contribution in [2.75, 3.05) is 17.2 Å². The predicted molar refractivity (Wildman–Crippen MR) is 90.7 cm³/mol. The first-order valence-corrected chi connectivity index (χ1v) is 7.89. The van der Waals surface area contributed by atoms with E-state index in [0.717, 1.165) is 23.4 Å². The number of fused-ring (bicyclic) bond motifs is 1. The van der Waals surface area contributed by atoms with Crippen LogP contribution in [0.2, 0.25) is 0 Å². The first kappa shape index (κ1) is 17.1. The highest BCUT2D eigenvalue weighted by molar-refractivity contribution is 5.94. The topological polar surface area (TPSA) is 79.5 Å². The fourth-order valence-electron chi connectivity index (χ4n) is 2.36. The van der Waals surface area contributed by atoms with E-state index in [4.69, 9.17) is 4.74 Å². The van der Waals surface area contributed by atoms with Crippen LogP contribution in [-0.2, 0) is 16.0 Å². The van der Waals surface area contributed by atoms with Crippen LogP contribution < -0.4 is 16.0 Å². The van der Waals surface area contributed by atoms with E-state index in [1.165, 1.54) is 0 Å². The van der Waals surface area contributed by atoms with Gasteiger partial charge < -0.3 is 20.7 Å². The summed E-state index contributed by atoms with van der Waals surface area (Å²) in [6.45, 7) is 7.95. The lowest BCUT2D eigenvalue weighted by Crippen LogP contribution is -2.38. The van der Waals surface area contributed by atoms with E-state index in [2.05, 4.69) is 16.0 Å². The number of nitrogens with one attached hydrogen (secondary N) is 3. The Morgan fingerprint density at radius 1 is 1.35 bits per heavy atom. The second-order valence-electron chi connectivity index (χ2n) is 6.85. The van der Waals surface area contributed by atoms with E-state index in [1.54, 1.807) is 0 Å². The van der Waals surface area contributed by atoms with E-state index >= 15 is 0 Å². The third-order valence-corrected chi connectivity index (χ3v) is 3.37. The molecule has 1 aliphatic rings. The molecule has 1 unspecified atom stereocenters. The largest absolute Gasteiger partial charge is 0.444 e. The molecule has 0 aliphatic carbocycles. The molecule has 0 saturated carbocycles. The van der Waals surface area contributed by atoms with E-state index < -0.39 is 11.7 Å². The molecule has 2 amide bonds. The molecule has 0 saturated heterocycles. The molecule has 0 radical (unpaired) electrons. The lowest BCUT2D eigenvalue weighted by Gasteiger charge is -2.22. The lowest BCUT2D eigenvalue weighted by molar-refractivity contribution is -0.116. The van der Waals surface area contributed by atoms with Gasteiger partial charge in [0.25, 0.3) is 0 Å². The molecule has 0 bridgehead atoms. The summed E-state index contributed by atoms with van der Waals surface area (Å²) in [5.74, 6) is 0.0631. The van der Waals surface area contributed by atoms with Crippen molar-refractivity contribution in [1.29, 1.82) is 0 Å². The summed E-state index contributed by atoms with van der Waals surface area (Å²) < 4.78 is 5.20. The Kier molecular flexibility index (Phi) is 5.13. The molecular weight excluding hydrogens is 294 g/mol. The highest BCUT2D eigenvalue weighted by atomic mass is 16.6. The van der Waals surface area contributed by atoms with Crippen LogP contribution in [0.15, 0.2) is 18.2 Å². The molecule has 6 nitrogen and oxygen atoms in total. The minimum absolute atomic E-state index is 0.0544. The molecule has 23 heavy (non-hydrogen) atoms. The van der Waals surface area contributed by atoms with Gasteiger partial charge in [0, 0.05) is 30.4 Å². The van der Waals surface area contributed by atoms with Gasteiger partial charge >= 0.3 is 6.09 Å². The molecule has 1 atom stereocenters. The van der Waals surface area contributed by atoms with E-state index in [9.17, 15) is 9.59 Å². The number of carbonyl (C=O) groups is 2. The zero-order valence-corrected chi connectivity index (χ0v) is 14.2. The molecule has 0 fully saturated rings. The molecule has 2 rings (SSSR count). The maximum absolute atomic E-state index is 11.6. The molecular formula is C17H25N3O3. The average molecular weight is 319 g/mol. The lowest BCUT2D eigenvalue weighted by atomic mass is 10.0. The maximum atomic E-state index is 11.6. The van der Waals surface area contributed by atoms with Gasteiger partial charge in [0.05, 0.1) is 0 Å². The number of ether oxygens (including phenoxy) is 1. The van der Waals surface area contributed by atoms with Gasteiger partial charge in [-0.15, -0.1) is 0 Å². The van der Waals surface area contributed by atoms with E-state index in [-0.39, 0.29) is 11.9 Å². The number of carbonyl (C=O) groups excluding carboxylic acids is 2. The van der Waals surface area contributed by atoms with E-state index in [0.29, 0.717) is 13.0 Å². The second kappa shape index (κ2) is 6.89. The van der Waals surface area contributed by atoms with Crippen LogP contribution in [-0.4, -0.2) is 30.2 Å². The number of aryl methyl sites for hydroxylation is 1. The molecule has 0 aromatic heterocycles. The quantitative estimate of drug-likeness (QED) is 0.797. The molecule has 1 aromatic rings. The smallest absolute Gasteiger partial charge is 0.407 e. The average Bonchev–Trinajstić information content (AvgIpc) is 2.43. The van der Waals surface area contributed by atoms with Gasteiger partial charge in [-0.3, -0.25) is 4.79 Å². The van der Waals surface area contributed by atoms with Gasteiger partial charge in [-0.2, -0.15) is 0 Å². The van der Waals surface area contributed by atoms with Crippen molar-refractivity contribution in [3.05, 3.63) is 23.8 Å². The SMILES string of the molecule is CC(CNC(=O)OC(C)(C)C)Nc1ccc2c(c1)CCC(=O)N2. The van der Waals surface area contributed by atoms with Crippen molar-refractivity contribution in [3.63, 3.8) is 0 Å². The summed E-state index contributed by atoms with van der Waals surface area (Å²) in [6.07, 6.45) is 0.854. The number of hydrogen-bond acceptors (Lipinski definition) is 4. The number of rotatable bonds is 4. The summed E-state index contributed by atoms with van der Waals surface area (Å²) in [5, 5.41) is 8.95. The Labute approximate surface area is 137 Å². The van der Waals surface area contributed by atoms with Crippen LogP contribution in [0, 0.1) is 0 Å². The number of benzene rings is 1. The van der Waals surface area contributed by atoms with Gasteiger partial charge in [-0.05, 0) is 57.9 Å². The predicted octanol–water partition coefficient (Wildman–Crippen LogP) is 2.90. The molecule has 126 valence electrons. The van der Waals surface area contributed by atoms with Crippen molar-refractivity contribution < 1.29 is 14.3 Å².